The lowest BCUT2D eigenvalue weighted by molar-refractivity contribution is 0.958. The van der Waals surface area contributed by atoms with E-state index < -0.39 is 0 Å². The first kappa shape index (κ1) is 10.1. The Labute approximate surface area is 95.0 Å². The van der Waals surface area contributed by atoms with Crippen molar-refractivity contribution in [3.63, 3.8) is 0 Å². The molecule has 0 aromatic carbocycles. The summed E-state index contributed by atoms with van der Waals surface area (Å²) >= 11 is 11.3. The van der Waals surface area contributed by atoms with Gasteiger partial charge in [0.2, 0.25) is 5.28 Å². The Kier molecular flexibility index (Phi) is 2.98. The Morgan fingerprint density at radius 1 is 1.33 bits per heavy atom. The first-order valence-electron chi connectivity index (χ1n) is 4.03. The van der Waals surface area contributed by atoms with Crippen LogP contribution in [0.2, 0.25) is 10.4 Å². The molecule has 0 saturated carbocycles. The average molecular weight is 245 g/mol. The minimum absolute atomic E-state index is 0.0501. The van der Waals surface area contributed by atoms with Crippen molar-refractivity contribution >= 4 is 29.0 Å². The molecule has 15 heavy (non-hydrogen) atoms. The number of anilines is 1. The van der Waals surface area contributed by atoms with Crippen molar-refractivity contribution < 1.29 is 0 Å². The lowest BCUT2D eigenvalue weighted by atomic mass is 10.4. The van der Waals surface area contributed by atoms with Crippen molar-refractivity contribution in [3.05, 3.63) is 28.4 Å². The molecule has 2 rings (SSSR count). The molecule has 2 aromatic rings. The van der Waals surface area contributed by atoms with E-state index in [1.165, 1.54) is 0 Å². The van der Waals surface area contributed by atoms with E-state index in [4.69, 9.17) is 23.2 Å². The van der Waals surface area contributed by atoms with Crippen molar-refractivity contribution in [2.24, 2.45) is 0 Å². The van der Waals surface area contributed by atoms with Gasteiger partial charge in [0.15, 0.2) is 11.0 Å². The van der Waals surface area contributed by atoms with Gasteiger partial charge in [-0.25, -0.2) is 0 Å². The third-order valence-corrected chi connectivity index (χ3v) is 2.05. The lowest BCUT2D eigenvalue weighted by Gasteiger charge is -2.03. The third kappa shape index (κ3) is 2.54. The maximum Gasteiger partial charge on any atom is 0.245 e. The number of halogens is 2. The summed E-state index contributed by atoms with van der Waals surface area (Å²) in [5, 5.41) is 16.8. The number of hydrogen-bond donors (Lipinski definition) is 2. The van der Waals surface area contributed by atoms with E-state index in [1.54, 1.807) is 12.4 Å². The maximum atomic E-state index is 5.76. The minimum atomic E-state index is 0.0501. The highest BCUT2D eigenvalue weighted by atomic mass is 35.5. The topological polar surface area (TPSA) is 79.4 Å². The predicted octanol–water partition coefficient (Wildman–Crippen LogP) is 1.51. The van der Waals surface area contributed by atoms with Crippen LogP contribution in [-0.4, -0.2) is 25.4 Å². The number of hydrogen-bond acceptors (Lipinski definition) is 5. The molecule has 0 spiro atoms. The van der Waals surface area contributed by atoms with E-state index in [-0.39, 0.29) is 10.4 Å². The van der Waals surface area contributed by atoms with Gasteiger partial charge in [0.05, 0.1) is 6.20 Å². The fourth-order valence-corrected chi connectivity index (χ4v) is 1.23. The van der Waals surface area contributed by atoms with Crippen molar-refractivity contribution in [3.8, 4) is 0 Å². The molecule has 0 radical (unpaired) electrons. The molecular weight excluding hydrogens is 239 g/mol. The average Bonchev–Trinajstić information content (AvgIpc) is 2.72. The van der Waals surface area contributed by atoms with Crippen LogP contribution in [0.1, 0.15) is 5.56 Å². The summed E-state index contributed by atoms with van der Waals surface area (Å²) < 4.78 is 0. The Balaban J connectivity index is 2.07. The van der Waals surface area contributed by atoms with E-state index in [2.05, 4.69) is 30.7 Å². The van der Waals surface area contributed by atoms with Crippen LogP contribution < -0.4 is 5.32 Å². The van der Waals surface area contributed by atoms with E-state index in [1.807, 2.05) is 0 Å². The van der Waals surface area contributed by atoms with Crippen LogP contribution in [0.25, 0.3) is 0 Å². The van der Waals surface area contributed by atoms with Crippen LogP contribution in [-0.2, 0) is 6.54 Å². The van der Waals surface area contributed by atoms with E-state index in [0.29, 0.717) is 12.4 Å². The van der Waals surface area contributed by atoms with Gasteiger partial charge in [0, 0.05) is 18.3 Å². The van der Waals surface area contributed by atoms with E-state index in [0.717, 1.165) is 5.56 Å². The van der Waals surface area contributed by atoms with Crippen LogP contribution in [0.3, 0.4) is 0 Å². The molecule has 0 amide bonds. The van der Waals surface area contributed by atoms with Gasteiger partial charge in [-0.15, -0.1) is 10.2 Å². The number of nitrogens with one attached hydrogen (secondary N) is 2. The summed E-state index contributed by atoms with van der Waals surface area (Å²) in [5.41, 5.74) is 0.973. The number of aromatic nitrogens is 5. The SMILES string of the molecule is Clc1nnc(Cl)c(NCc2cn[nH]c2)n1. The number of aromatic amines is 1. The fourth-order valence-electron chi connectivity index (χ4n) is 0.966. The van der Waals surface area contributed by atoms with E-state index >= 15 is 0 Å². The normalized spacial score (nSPS) is 10.3. The Hall–Kier alpha value is -1.40. The third-order valence-electron chi connectivity index (χ3n) is 1.63. The van der Waals surface area contributed by atoms with Gasteiger partial charge in [-0.05, 0) is 11.6 Å². The van der Waals surface area contributed by atoms with Crippen LogP contribution >= 0.6 is 23.2 Å². The fraction of sp³-hybridized carbons (Fsp3) is 0.143. The van der Waals surface area contributed by atoms with E-state index in [9.17, 15) is 0 Å². The summed E-state index contributed by atoms with van der Waals surface area (Å²) in [5.74, 6) is 0.401. The Bertz CT molecular complexity index is 443. The molecule has 0 fully saturated rings. The molecule has 0 aliphatic heterocycles. The highest BCUT2D eigenvalue weighted by Crippen LogP contribution is 2.16. The van der Waals surface area contributed by atoms with Crippen LogP contribution in [0.15, 0.2) is 12.4 Å². The summed E-state index contributed by atoms with van der Waals surface area (Å²) in [7, 11) is 0. The number of H-pyrrole nitrogens is 1. The van der Waals surface area contributed by atoms with Crippen molar-refractivity contribution in [1.29, 1.82) is 0 Å². The summed E-state index contributed by atoms with van der Waals surface area (Å²) in [4.78, 5) is 3.89. The lowest BCUT2D eigenvalue weighted by Crippen LogP contribution is -2.03. The van der Waals surface area contributed by atoms with Crippen LogP contribution in [0.4, 0.5) is 5.82 Å². The van der Waals surface area contributed by atoms with Gasteiger partial charge < -0.3 is 5.32 Å². The number of nitrogens with zero attached hydrogens (tertiary/aromatic N) is 4. The molecule has 2 heterocycles. The molecular formula is C7H6Cl2N6. The standard InChI is InChI=1S/C7H6Cl2N6/c8-5-6(13-7(9)15-14-5)10-1-4-2-11-12-3-4/h2-3H,1H2,(H,11,12)(H,10,13,15). The minimum Gasteiger partial charge on any atom is -0.363 e. The summed E-state index contributed by atoms with van der Waals surface area (Å²) in [6.07, 6.45) is 3.45. The Morgan fingerprint density at radius 2 is 2.20 bits per heavy atom. The van der Waals surface area contributed by atoms with Gasteiger partial charge in [-0.1, -0.05) is 11.6 Å². The molecule has 0 aliphatic rings. The molecule has 2 aromatic heterocycles. The predicted molar refractivity (Wildman–Crippen MR) is 55.8 cm³/mol. The zero-order valence-electron chi connectivity index (χ0n) is 7.41. The quantitative estimate of drug-likeness (QED) is 0.856. The molecule has 0 atom stereocenters. The molecule has 0 aliphatic carbocycles. The zero-order valence-corrected chi connectivity index (χ0v) is 8.92. The highest BCUT2D eigenvalue weighted by molar-refractivity contribution is 6.32. The number of rotatable bonds is 3. The molecule has 8 heteroatoms. The second kappa shape index (κ2) is 4.41. The largest absolute Gasteiger partial charge is 0.363 e. The second-order valence-corrected chi connectivity index (χ2v) is 3.38. The Morgan fingerprint density at radius 3 is 2.93 bits per heavy atom. The first-order valence-corrected chi connectivity index (χ1v) is 4.78. The van der Waals surface area contributed by atoms with Gasteiger partial charge in [-0.2, -0.15) is 10.1 Å². The highest BCUT2D eigenvalue weighted by Gasteiger charge is 2.05. The van der Waals surface area contributed by atoms with Crippen LogP contribution in [0.5, 0.6) is 0 Å². The molecule has 0 saturated heterocycles. The van der Waals surface area contributed by atoms with Gasteiger partial charge in [-0.3, -0.25) is 5.10 Å². The van der Waals surface area contributed by atoms with Gasteiger partial charge in [0.1, 0.15) is 0 Å². The van der Waals surface area contributed by atoms with Gasteiger partial charge in [0.25, 0.3) is 0 Å². The molecule has 2 N–H and O–H groups in total. The summed E-state index contributed by atoms with van der Waals surface area (Å²) in [6, 6.07) is 0. The molecule has 6 nitrogen and oxygen atoms in total. The molecule has 0 bridgehead atoms. The van der Waals surface area contributed by atoms with Crippen molar-refractivity contribution in [1.82, 2.24) is 25.4 Å². The monoisotopic (exact) mass is 244 g/mol. The van der Waals surface area contributed by atoms with Crippen molar-refractivity contribution in [2.45, 2.75) is 6.54 Å². The maximum absolute atomic E-state index is 5.76. The molecule has 0 unspecified atom stereocenters. The zero-order chi connectivity index (χ0) is 10.7. The molecule has 78 valence electrons. The van der Waals surface area contributed by atoms with Gasteiger partial charge >= 0.3 is 0 Å². The first-order chi connectivity index (χ1) is 7.25. The summed E-state index contributed by atoms with van der Waals surface area (Å²) in [6.45, 7) is 0.533. The second-order valence-electron chi connectivity index (χ2n) is 2.68. The van der Waals surface area contributed by atoms with Crippen LogP contribution in [0, 0.1) is 0 Å². The van der Waals surface area contributed by atoms with Crippen molar-refractivity contribution in [2.75, 3.05) is 5.32 Å². The smallest absolute Gasteiger partial charge is 0.245 e.